The molecule has 0 saturated carbocycles. The van der Waals surface area contributed by atoms with Crippen molar-refractivity contribution in [3.63, 3.8) is 0 Å². The molecule has 1 aliphatic rings. The first-order chi connectivity index (χ1) is 9.17. The average Bonchev–Trinajstić information content (AvgIpc) is 2.40. The van der Waals surface area contributed by atoms with Gasteiger partial charge in [-0.15, -0.1) is 4.91 Å². The number of hydrogen-bond donors (Lipinski definition) is 1. The number of likely N-dealkylation sites (tertiary alicyclic amines) is 1. The van der Waals surface area contributed by atoms with E-state index in [4.69, 9.17) is 9.84 Å². The smallest absolute Gasteiger partial charge is 0.409 e. The first kappa shape index (κ1) is 16.2. The number of ether oxygens (including phenoxy) is 1. The molecular weight excluding hydrogens is 268 g/mol. The van der Waals surface area contributed by atoms with Crippen LogP contribution in [0, 0.1) is 4.91 Å². The summed E-state index contributed by atoms with van der Waals surface area (Å²) in [5.74, 6) is 0. The Morgan fingerprint density at radius 1 is 1.47 bits per heavy atom. The minimum absolute atomic E-state index is 0.0312. The second kappa shape index (κ2) is 8.37. The summed E-state index contributed by atoms with van der Waals surface area (Å²) in [6, 6.07) is 0. The molecule has 1 rings (SSSR count). The summed E-state index contributed by atoms with van der Waals surface area (Å²) >= 11 is 0.990. The zero-order valence-electron chi connectivity index (χ0n) is 11.3. The van der Waals surface area contributed by atoms with Gasteiger partial charge in [-0.3, -0.25) is 0 Å². The Labute approximate surface area is 118 Å². The van der Waals surface area contributed by atoms with Gasteiger partial charge in [0.05, 0.1) is 6.61 Å². The lowest BCUT2D eigenvalue weighted by molar-refractivity contribution is 0.0876. The molecule has 110 valence electrons. The quantitative estimate of drug-likeness (QED) is 0.443. The van der Waals surface area contributed by atoms with E-state index < -0.39 is 0 Å². The van der Waals surface area contributed by atoms with Crippen LogP contribution in [0.3, 0.4) is 0 Å². The molecule has 0 aromatic heterocycles. The highest BCUT2D eigenvalue weighted by Gasteiger charge is 2.37. The number of piperidine rings is 1. The van der Waals surface area contributed by atoms with Crippen LogP contribution in [0.4, 0.5) is 4.79 Å². The normalized spacial score (nSPS) is 18.1. The van der Waals surface area contributed by atoms with Crippen molar-refractivity contribution in [3.05, 3.63) is 4.91 Å². The van der Waals surface area contributed by atoms with Gasteiger partial charge in [0.25, 0.3) is 0 Å². The van der Waals surface area contributed by atoms with Crippen LogP contribution in [0.15, 0.2) is 4.58 Å². The molecule has 0 radical (unpaired) electrons. The molecule has 0 unspecified atom stereocenters. The topological polar surface area (TPSA) is 79.2 Å². The number of hydrogen-bond acceptors (Lipinski definition) is 6. The Kier molecular flexibility index (Phi) is 7.15. The molecular formula is C12H22N2O4S. The minimum atomic E-state index is -0.323. The van der Waals surface area contributed by atoms with Crippen molar-refractivity contribution in [2.24, 2.45) is 4.58 Å². The van der Waals surface area contributed by atoms with Crippen LogP contribution in [0.25, 0.3) is 0 Å². The zero-order chi connectivity index (χ0) is 14.1. The second-order valence-electron chi connectivity index (χ2n) is 4.78. The monoisotopic (exact) mass is 290 g/mol. The fraction of sp³-hybridized carbons (Fsp3) is 0.917. The van der Waals surface area contributed by atoms with Crippen LogP contribution in [0.1, 0.15) is 39.0 Å². The SMILES string of the molecule is CCCCOC(=O)N1CCC(CCO)(SN=O)CC1. The highest BCUT2D eigenvalue weighted by molar-refractivity contribution is 7.99. The lowest BCUT2D eigenvalue weighted by Gasteiger charge is -2.38. The Morgan fingerprint density at radius 2 is 2.16 bits per heavy atom. The molecule has 1 N–H and O–H groups in total. The maximum Gasteiger partial charge on any atom is 0.409 e. The lowest BCUT2D eigenvalue weighted by Crippen LogP contribution is -2.45. The van der Waals surface area contributed by atoms with Crippen molar-refractivity contribution in [3.8, 4) is 0 Å². The molecule has 1 aliphatic heterocycles. The predicted octanol–water partition coefficient (Wildman–Crippen LogP) is 2.55. The fourth-order valence-corrected chi connectivity index (χ4v) is 2.87. The van der Waals surface area contributed by atoms with E-state index >= 15 is 0 Å². The number of aliphatic hydroxyl groups is 1. The first-order valence-corrected chi connectivity index (χ1v) is 7.48. The van der Waals surface area contributed by atoms with Crippen molar-refractivity contribution in [1.29, 1.82) is 0 Å². The molecule has 0 atom stereocenters. The molecule has 0 aliphatic carbocycles. The van der Waals surface area contributed by atoms with Gasteiger partial charge in [0.1, 0.15) is 0 Å². The maximum atomic E-state index is 11.8. The summed E-state index contributed by atoms with van der Waals surface area (Å²) < 4.78 is 7.73. The third-order valence-corrected chi connectivity index (χ3v) is 4.53. The van der Waals surface area contributed by atoms with E-state index in [2.05, 4.69) is 4.58 Å². The number of carbonyl (C=O) groups excluding carboxylic acids is 1. The number of rotatable bonds is 7. The molecule has 0 spiro atoms. The molecule has 1 heterocycles. The average molecular weight is 290 g/mol. The Hall–Kier alpha value is -0.820. The van der Waals surface area contributed by atoms with E-state index in [1.54, 1.807) is 4.90 Å². The molecule has 0 aromatic carbocycles. The van der Waals surface area contributed by atoms with Gasteiger partial charge >= 0.3 is 6.09 Å². The van der Waals surface area contributed by atoms with Crippen molar-refractivity contribution in [2.45, 2.75) is 43.8 Å². The molecule has 0 bridgehead atoms. The van der Waals surface area contributed by atoms with Gasteiger partial charge in [-0.2, -0.15) is 0 Å². The molecule has 7 heteroatoms. The molecule has 6 nitrogen and oxygen atoms in total. The highest BCUT2D eigenvalue weighted by atomic mass is 32.2. The van der Waals surface area contributed by atoms with Crippen molar-refractivity contribution < 1.29 is 14.6 Å². The van der Waals surface area contributed by atoms with E-state index in [-0.39, 0.29) is 17.4 Å². The summed E-state index contributed by atoms with van der Waals surface area (Å²) in [6.45, 7) is 3.63. The molecule has 0 aromatic rings. The molecule has 1 saturated heterocycles. The second-order valence-corrected chi connectivity index (χ2v) is 5.98. The number of unbranched alkanes of at least 4 members (excludes halogenated alkanes) is 1. The van der Waals surface area contributed by atoms with Crippen LogP contribution in [0.5, 0.6) is 0 Å². The van der Waals surface area contributed by atoms with Gasteiger partial charge in [-0.25, -0.2) is 4.79 Å². The van der Waals surface area contributed by atoms with Crippen molar-refractivity contribution in [1.82, 2.24) is 4.90 Å². The maximum absolute atomic E-state index is 11.8. The van der Waals surface area contributed by atoms with E-state index in [0.717, 1.165) is 24.8 Å². The number of nitrogens with zero attached hydrogens (tertiary/aromatic N) is 2. The van der Waals surface area contributed by atoms with Gasteiger partial charge < -0.3 is 14.7 Å². The standard InChI is InChI=1S/C12H22N2O4S/c1-2-3-10-18-11(16)14-7-4-12(5-8-14,6-9-15)19-13-17/h15H,2-10H2,1H3. The van der Waals surface area contributed by atoms with Crippen LogP contribution in [-0.2, 0) is 4.74 Å². The third-order valence-electron chi connectivity index (χ3n) is 3.45. The fourth-order valence-electron chi connectivity index (χ4n) is 2.16. The minimum Gasteiger partial charge on any atom is -0.449 e. The predicted molar refractivity (Wildman–Crippen MR) is 74.9 cm³/mol. The summed E-state index contributed by atoms with van der Waals surface area (Å²) in [4.78, 5) is 23.9. The van der Waals surface area contributed by atoms with Crippen LogP contribution >= 0.6 is 11.9 Å². The Bertz CT molecular complexity index is 293. The largest absolute Gasteiger partial charge is 0.449 e. The summed E-state index contributed by atoms with van der Waals surface area (Å²) in [5, 5.41) is 9.07. The Morgan fingerprint density at radius 3 is 2.68 bits per heavy atom. The van der Waals surface area contributed by atoms with Crippen LogP contribution < -0.4 is 0 Å². The summed E-state index contributed by atoms with van der Waals surface area (Å²) in [7, 11) is 0. The summed E-state index contributed by atoms with van der Waals surface area (Å²) in [6.07, 6.45) is 3.44. The number of nitroso groups, excluding NO2 is 1. The van der Waals surface area contributed by atoms with E-state index in [1.165, 1.54) is 0 Å². The van der Waals surface area contributed by atoms with Gasteiger partial charge in [0.2, 0.25) is 0 Å². The first-order valence-electron chi connectivity index (χ1n) is 6.71. The number of aliphatic hydroxyl groups excluding tert-OH is 1. The lowest BCUT2D eigenvalue weighted by atomic mass is 9.93. The highest BCUT2D eigenvalue weighted by Crippen LogP contribution is 2.39. The summed E-state index contributed by atoms with van der Waals surface area (Å²) in [5.41, 5.74) is 0. The van der Waals surface area contributed by atoms with Gasteiger partial charge in [0, 0.05) is 41.0 Å². The van der Waals surface area contributed by atoms with Crippen LogP contribution in [0.2, 0.25) is 0 Å². The van der Waals surface area contributed by atoms with Crippen molar-refractivity contribution >= 4 is 18.0 Å². The number of amides is 1. The molecule has 19 heavy (non-hydrogen) atoms. The van der Waals surface area contributed by atoms with Gasteiger partial charge in [0.15, 0.2) is 0 Å². The Balaban J connectivity index is 2.41. The van der Waals surface area contributed by atoms with E-state index in [1.807, 2.05) is 6.92 Å². The molecule has 1 fully saturated rings. The third kappa shape index (κ3) is 4.99. The van der Waals surface area contributed by atoms with Crippen molar-refractivity contribution in [2.75, 3.05) is 26.3 Å². The van der Waals surface area contributed by atoms with Gasteiger partial charge in [-0.1, -0.05) is 13.3 Å². The van der Waals surface area contributed by atoms with E-state index in [0.29, 0.717) is 39.0 Å². The number of carbonyl (C=O) groups is 1. The van der Waals surface area contributed by atoms with Crippen LogP contribution in [-0.4, -0.2) is 47.1 Å². The van der Waals surface area contributed by atoms with Gasteiger partial charge in [-0.05, 0) is 25.7 Å². The van der Waals surface area contributed by atoms with E-state index in [9.17, 15) is 9.70 Å². The molecule has 1 amide bonds. The zero-order valence-corrected chi connectivity index (χ0v) is 12.2.